The fourth-order valence-corrected chi connectivity index (χ4v) is 2.80. The first-order chi connectivity index (χ1) is 8.78. The van der Waals surface area contributed by atoms with Crippen molar-refractivity contribution in [1.82, 2.24) is 19.5 Å². The van der Waals surface area contributed by atoms with Gasteiger partial charge in [0, 0.05) is 6.20 Å². The monoisotopic (exact) mass is 244 g/mol. The zero-order chi connectivity index (χ0) is 12.5. The first-order valence-electron chi connectivity index (χ1n) is 6.85. The van der Waals surface area contributed by atoms with E-state index in [0.717, 1.165) is 18.0 Å². The van der Waals surface area contributed by atoms with Gasteiger partial charge in [0.15, 0.2) is 11.5 Å². The molecule has 1 aliphatic rings. The summed E-state index contributed by atoms with van der Waals surface area (Å²) in [6.45, 7) is 6.57. The molecule has 0 N–H and O–H groups in total. The van der Waals surface area contributed by atoms with Gasteiger partial charge in [0.1, 0.15) is 0 Å². The van der Waals surface area contributed by atoms with Gasteiger partial charge in [-0.05, 0) is 50.6 Å². The van der Waals surface area contributed by atoms with Crippen LogP contribution in [0.3, 0.4) is 0 Å². The number of hydrogen-bond donors (Lipinski definition) is 0. The molecule has 0 aliphatic carbocycles. The molecule has 0 saturated carbocycles. The molecule has 4 nitrogen and oxygen atoms in total. The minimum atomic E-state index is 0.406. The van der Waals surface area contributed by atoms with Crippen molar-refractivity contribution in [3.63, 3.8) is 0 Å². The van der Waals surface area contributed by atoms with Crippen LogP contribution in [0.25, 0.3) is 5.65 Å². The lowest BCUT2D eigenvalue weighted by Crippen LogP contribution is -2.33. The Morgan fingerprint density at radius 2 is 2.28 bits per heavy atom. The number of rotatable bonds is 2. The second-order valence-electron chi connectivity index (χ2n) is 5.12. The summed E-state index contributed by atoms with van der Waals surface area (Å²) in [5, 5.41) is 4.64. The number of aromatic nitrogens is 3. The van der Waals surface area contributed by atoms with Gasteiger partial charge in [-0.25, -0.2) is 9.50 Å². The van der Waals surface area contributed by atoms with Gasteiger partial charge in [0.25, 0.3) is 0 Å². The highest BCUT2D eigenvalue weighted by Gasteiger charge is 2.26. The van der Waals surface area contributed by atoms with Crippen LogP contribution in [-0.4, -0.2) is 32.6 Å². The molecule has 1 saturated heterocycles. The van der Waals surface area contributed by atoms with E-state index in [1.54, 1.807) is 0 Å². The molecule has 96 valence electrons. The third kappa shape index (κ3) is 2.01. The Labute approximate surface area is 108 Å². The predicted octanol–water partition coefficient (Wildman–Crippen LogP) is 2.58. The van der Waals surface area contributed by atoms with Gasteiger partial charge in [-0.1, -0.05) is 13.3 Å². The van der Waals surface area contributed by atoms with Crippen molar-refractivity contribution in [3.05, 3.63) is 29.7 Å². The zero-order valence-electron chi connectivity index (χ0n) is 11.1. The van der Waals surface area contributed by atoms with Gasteiger partial charge in [-0.2, -0.15) is 0 Å². The molecular formula is C14H20N4. The summed E-state index contributed by atoms with van der Waals surface area (Å²) in [6.07, 6.45) is 5.77. The van der Waals surface area contributed by atoms with Crippen LogP contribution < -0.4 is 0 Å². The Kier molecular flexibility index (Phi) is 3.04. The maximum atomic E-state index is 4.71. The Bertz CT molecular complexity index is 546. The number of aryl methyl sites for hydroxylation is 1. The third-order valence-corrected chi connectivity index (χ3v) is 3.83. The van der Waals surface area contributed by atoms with Crippen LogP contribution in [0.1, 0.15) is 43.6 Å². The number of hydrogen-bond acceptors (Lipinski definition) is 3. The van der Waals surface area contributed by atoms with Crippen LogP contribution in [0.4, 0.5) is 0 Å². The molecule has 3 rings (SSSR count). The summed E-state index contributed by atoms with van der Waals surface area (Å²) in [7, 11) is 0. The lowest BCUT2D eigenvalue weighted by molar-refractivity contribution is 0.150. The lowest BCUT2D eigenvalue weighted by Gasteiger charge is -2.32. The summed E-state index contributed by atoms with van der Waals surface area (Å²) in [5.41, 5.74) is 2.20. The van der Waals surface area contributed by atoms with Crippen LogP contribution >= 0.6 is 0 Å². The van der Waals surface area contributed by atoms with Gasteiger partial charge in [-0.3, -0.25) is 4.90 Å². The fraction of sp³-hybridized carbons (Fsp3) is 0.571. The Morgan fingerprint density at radius 3 is 3.11 bits per heavy atom. The molecule has 4 heteroatoms. The molecule has 1 unspecified atom stereocenters. The average molecular weight is 244 g/mol. The Balaban J connectivity index is 1.97. The Hall–Kier alpha value is -1.42. The van der Waals surface area contributed by atoms with E-state index in [-0.39, 0.29) is 0 Å². The fourth-order valence-electron chi connectivity index (χ4n) is 2.80. The van der Waals surface area contributed by atoms with E-state index in [1.807, 2.05) is 10.7 Å². The molecule has 3 heterocycles. The van der Waals surface area contributed by atoms with Gasteiger partial charge >= 0.3 is 0 Å². The largest absolute Gasteiger partial charge is 0.294 e. The van der Waals surface area contributed by atoms with E-state index < -0.39 is 0 Å². The summed E-state index contributed by atoms with van der Waals surface area (Å²) >= 11 is 0. The molecule has 2 aromatic rings. The minimum Gasteiger partial charge on any atom is -0.294 e. The van der Waals surface area contributed by atoms with E-state index in [0.29, 0.717) is 6.04 Å². The standard InChI is InChI=1S/C14H20N4/c1-3-17-8-5-4-6-12(17)14-15-13-10-11(2)7-9-18(13)16-14/h7,9-10,12H,3-6,8H2,1-2H3. The van der Waals surface area contributed by atoms with E-state index >= 15 is 0 Å². The van der Waals surface area contributed by atoms with E-state index in [9.17, 15) is 0 Å². The van der Waals surface area contributed by atoms with Gasteiger partial charge < -0.3 is 0 Å². The zero-order valence-corrected chi connectivity index (χ0v) is 11.1. The van der Waals surface area contributed by atoms with E-state index in [4.69, 9.17) is 4.98 Å². The molecule has 0 aromatic carbocycles. The highest BCUT2D eigenvalue weighted by Crippen LogP contribution is 2.28. The molecule has 1 atom stereocenters. The second-order valence-corrected chi connectivity index (χ2v) is 5.12. The van der Waals surface area contributed by atoms with E-state index in [2.05, 4.69) is 36.0 Å². The maximum Gasteiger partial charge on any atom is 0.168 e. The van der Waals surface area contributed by atoms with Crippen LogP contribution in [0.5, 0.6) is 0 Å². The second kappa shape index (κ2) is 4.69. The molecule has 1 aliphatic heterocycles. The normalized spacial score (nSPS) is 21.6. The number of likely N-dealkylation sites (tertiary alicyclic amines) is 1. The predicted molar refractivity (Wildman–Crippen MR) is 71.6 cm³/mol. The summed E-state index contributed by atoms with van der Waals surface area (Å²) in [5.74, 6) is 0.988. The minimum absolute atomic E-state index is 0.406. The van der Waals surface area contributed by atoms with Gasteiger partial charge in [0.05, 0.1) is 6.04 Å². The molecule has 0 radical (unpaired) electrons. The number of pyridine rings is 1. The van der Waals surface area contributed by atoms with Crippen molar-refractivity contribution < 1.29 is 0 Å². The maximum absolute atomic E-state index is 4.71. The van der Waals surface area contributed by atoms with Crippen molar-refractivity contribution in [3.8, 4) is 0 Å². The van der Waals surface area contributed by atoms with Crippen LogP contribution in [0.15, 0.2) is 18.3 Å². The SMILES string of the molecule is CCN1CCCCC1c1nc2cc(C)ccn2n1. The molecular weight excluding hydrogens is 224 g/mol. The van der Waals surface area contributed by atoms with Gasteiger partial charge in [0.2, 0.25) is 0 Å². The molecule has 2 aromatic heterocycles. The number of piperidine rings is 1. The number of nitrogens with zero attached hydrogens (tertiary/aromatic N) is 4. The van der Waals surface area contributed by atoms with E-state index in [1.165, 1.54) is 31.4 Å². The Morgan fingerprint density at radius 1 is 1.39 bits per heavy atom. The molecule has 0 amide bonds. The molecule has 0 spiro atoms. The van der Waals surface area contributed by atoms with Crippen molar-refractivity contribution >= 4 is 5.65 Å². The lowest BCUT2D eigenvalue weighted by atomic mass is 10.0. The smallest absolute Gasteiger partial charge is 0.168 e. The van der Waals surface area contributed by atoms with Crippen LogP contribution in [0, 0.1) is 6.92 Å². The third-order valence-electron chi connectivity index (χ3n) is 3.83. The van der Waals surface area contributed by atoms with Crippen molar-refractivity contribution in [1.29, 1.82) is 0 Å². The highest BCUT2D eigenvalue weighted by molar-refractivity contribution is 5.40. The quantitative estimate of drug-likeness (QED) is 0.814. The number of fused-ring (bicyclic) bond motifs is 1. The summed E-state index contributed by atoms with van der Waals surface area (Å²) in [6, 6.07) is 4.57. The molecule has 1 fully saturated rings. The summed E-state index contributed by atoms with van der Waals surface area (Å²) in [4.78, 5) is 7.20. The van der Waals surface area contributed by atoms with Crippen molar-refractivity contribution in [2.75, 3.05) is 13.1 Å². The van der Waals surface area contributed by atoms with Gasteiger partial charge in [-0.15, -0.1) is 5.10 Å². The van der Waals surface area contributed by atoms with Crippen molar-refractivity contribution in [2.45, 2.75) is 39.2 Å². The van der Waals surface area contributed by atoms with Crippen LogP contribution in [0.2, 0.25) is 0 Å². The summed E-state index contributed by atoms with van der Waals surface area (Å²) < 4.78 is 1.89. The van der Waals surface area contributed by atoms with Crippen LogP contribution in [-0.2, 0) is 0 Å². The first-order valence-corrected chi connectivity index (χ1v) is 6.85. The highest BCUT2D eigenvalue weighted by atomic mass is 15.3. The topological polar surface area (TPSA) is 33.4 Å². The molecule has 18 heavy (non-hydrogen) atoms. The van der Waals surface area contributed by atoms with Crippen molar-refractivity contribution in [2.24, 2.45) is 0 Å². The first kappa shape index (κ1) is 11.7. The average Bonchev–Trinajstić information content (AvgIpc) is 2.81. The molecule has 0 bridgehead atoms.